The van der Waals surface area contributed by atoms with Crippen LogP contribution in [-0.4, -0.2) is 65.7 Å². The molecule has 0 aromatic heterocycles. The summed E-state index contributed by atoms with van der Waals surface area (Å²) in [6.07, 6.45) is 31.7. The van der Waals surface area contributed by atoms with Gasteiger partial charge in [-0.1, -0.05) is 148 Å². The van der Waals surface area contributed by atoms with Gasteiger partial charge in [-0.2, -0.15) is 0 Å². The average Bonchev–Trinajstić information content (AvgIpc) is 3.10. The highest BCUT2D eigenvalue weighted by atomic mass is 31.2. The van der Waals surface area contributed by atoms with Crippen LogP contribution < -0.4 is 0 Å². The second kappa shape index (κ2) is 36.1. The molecule has 0 saturated carbocycles. The van der Waals surface area contributed by atoms with Crippen molar-refractivity contribution in [2.45, 2.75) is 199 Å². The first kappa shape index (κ1) is 48.7. The number of hydrogen-bond acceptors (Lipinski definition) is 9. The van der Waals surface area contributed by atoms with Gasteiger partial charge in [-0.05, 0) is 38.5 Å². The summed E-state index contributed by atoms with van der Waals surface area (Å²) in [5.41, 5.74) is 0. The molecule has 0 aliphatic rings. The molecule has 0 fully saturated rings. The molecule has 50 heavy (non-hydrogen) atoms. The standard InChI is InChI=1S/C39H75O10P/c1-3-5-7-9-11-13-15-17-18-19-21-22-24-26-28-30-38(42)46-34-37(35-48-50(44,45)47-33-36(41)32-40)49-39(43)31-29-27-25-23-20-16-14-12-10-8-6-4-2/h13,15,36-37,40-41H,3-12,14,16-35H2,1-2H3,(H,44,45)/b15-13+/t36-,37+/m0/s1. The molecular formula is C39H75O10P. The number of rotatable bonds is 38. The molecule has 11 heteroatoms. The van der Waals surface area contributed by atoms with Crippen molar-refractivity contribution in [3.8, 4) is 0 Å². The average molecular weight is 735 g/mol. The molecule has 1 unspecified atom stereocenters. The Morgan fingerprint density at radius 2 is 0.980 bits per heavy atom. The van der Waals surface area contributed by atoms with Crippen molar-refractivity contribution < 1.29 is 47.8 Å². The van der Waals surface area contributed by atoms with Crippen molar-refractivity contribution in [2.75, 3.05) is 26.4 Å². The van der Waals surface area contributed by atoms with Gasteiger partial charge in [0.1, 0.15) is 12.7 Å². The van der Waals surface area contributed by atoms with E-state index >= 15 is 0 Å². The topological polar surface area (TPSA) is 149 Å². The lowest BCUT2D eigenvalue weighted by molar-refractivity contribution is -0.161. The van der Waals surface area contributed by atoms with E-state index in [1.807, 2.05) is 0 Å². The lowest BCUT2D eigenvalue weighted by Gasteiger charge is -2.20. The number of carbonyl (C=O) groups excluding carboxylic acids is 2. The quantitative estimate of drug-likeness (QED) is 0.0242. The van der Waals surface area contributed by atoms with Gasteiger partial charge >= 0.3 is 19.8 Å². The monoisotopic (exact) mass is 735 g/mol. The van der Waals surface area contributed by atoms with E-state index in [0.29, 0.717) is 12.8 Å². The highest BCUT2D eigenvalue weighted by molar-refractivity contribution is 7.47. The summed E-state index contributed by atoms with van der Waals surface area (Å²) in [7, 11) is -4.61. The highest BCUT2D eigenvalue weighted by Crippen LogP contribution is 2.43. The number of unbranched alkanes of at least 4 members (excludes halogenated alkanes) is 22. The molecule has 0 amide bonds. The molecule has 296 valence electrons. The van der Waals surface area contributed by atoms with Crippen LogP contribution in [0.4, 0.5) is 0 Å². The van der Waals surface area contributed by atoms with E-state index in [9.17, 15) is 24.2 Å². The van der Waals surface area contributed by atoms with Crippen LogP contribution in [0.3, 0.4) is 0 Å². The minimum Gasteiger partial charge on any atom is -0.462 e. The summed E-state index contributed by atoms with van der Waals surface area (Å²) >= 11 is 0. The predicted molar refractivity (Wildman–Crippen MR) is 201 cm³/mol. The Morgan fingerprint density at radius 3 is 1.46 bits per heavy atom. The molecule has 3 atom stereocenters. The van der Waals surface area contributed by atoms with Crippen molar-refractivity contribution in [3.63, 3.8) is 0 Å². The highest BCUT2D eigenvalue weighted by Gasteiger charge is 2.27. The van der Waals surface area contributed by atoms with Crippen molar-refractivity contribution in [2.24, 2.45) is 0 Å². The lowest BCUT2D eigenvalue weighted by atomic mass is 10.0. The molecule has 0 aromatic rings. The van der Waals surface area contributed by atoms with Gasteiger partial charge in [0, 0.05) is 12.8 Å². The molecule has 0 aliphatic heterocycles. The molecule has 0 aliphatic carbocycles. The van der Waals surface area contributed by atoms with Gasteiger partial charge in [0.2, 0.25) is 0 Å². The molecule has 3 N–H and O–H groups in total. The lowest BCUT2D eigenvalue weighted by Crippen LogP contribution is -2.29. The molecule has 0 bridgehead atoms. The van der Waals surface area contributed by atoms with Crippen LogP contribution in [0.2, 0.25) is 0 Å². The summed E-state index contributed by atoms with van der Waals surface area (Å²) < 4.78 is 32.6. The third-order valence-electron chi connectivity index (χ3n) is 8.67. The van der Waals surface area contributed by atoms with Crippen LogP contribution in [0.5, 0.6) is 0 Å². The number of hydrogen-bond donors (Lipinski definition) is 3. The predicted octanol–water partition coefficient (Wildman–Crippen LogP) is 10.1. The van der Waals surface area contributed by atoms with Crippen LogP contribution in [0, 0.1) is 0 Å². The largest absolute Gasteiger partial charge is 0.472 e. The van der Waals surface area contributed by atoms with Crippen LogP contribution in [0.15, 0.2) is 12.2 Å². The van der Waals surface area contributed by atoms with Crippen molar-refractivity contribution in [3.05, 3.63) is 12.2 Å². The Labute approximate surface area is 305 Å². The second-order valence-corrected chi connectivity index (χ2v) is 15.1. The molecular weight excluding hydrogens is 659 g/mol. The number of aliphatic hydroxyl groups excluding tert-OH is 2. The van der Waals surface area contributed by atoms with E-state index in [1.165, 1.54) is 103 Å². The fourth-order valence-corrected chi connectivity index (χ4v) is 6.31. The fourth-order valence-electron chi connectivity index (χ4n) is 5.52. The number of phosphoric acid groups is 1. The Morgan fingerprint density at radius 1 is 0.580 bits per heavy atom. The van der Waals surface area contributed by atoms with E-state index in [4.69, 9.17) is 19.1 Å². The van der Waals surface area contributed by atoms with Gasteiger partial charge in [-0.3, -0.25) is 18.6 Å². The number of esters is 2. The minimum atomic E-state index is -4.61. The summed E-state index contributed by atoms with van der Waals surface area (Å²) in [4.78, 5) is 34.8. The van der Waals surface area contributed by atoms with E-state index in [-0.39, 0.29) is 19.4 Å². The Bertz CT molecular complexity index is 853. The maximum Gasteiger partial charge on any atom is 0.472 e. The molecule has 0 radical (unpaired) electrons. The van der Waals surface area contributed by atoms with Gasteiger partial charge in [-0.25, -0.2) is 4.57 Å². The van der Waals surface area contributed by atoms with E-state index in [1.54, 1.807) is 0 Å². The summed E-state index contributed by atoms with van der Waals surface area (Å²) in [5.74, 6) is -0.924. The molecule has 0 aromatic carbocycles. The first-order valence-corrected chi connectivity index (χ1v) is 21.6. The van der Waals surface area contributed by atoms with Crippen molar-refractivity contribution in [1.82, 2.24) is 0 Å². The second-order valence-electron chi connectivity index (χ2n) is 13.7. The van der Waals surface area contributed by atoms with E-state index in [0.717, 1.165) is 44.9 Å². The third kappa shape index (κ3) is 35.1. The smallest absolute Gasteiger partial charge is 0.462 e. The number of carbonyl (C=O) groups is 2. The van der Waals surface area contributed by atoms with Gasteiger partial charge in [0.25, 0.3) is 0 Å². The van der Waals surface area contributed by atoms with Crippen LogP contribution in [0.25, 0.3) is 0 Å². The zero-order valence-electron chi connectivity index (χ0n) is 31.9. The molecule has 0 rings (SSSR count). The summed E-state index contributed by atoms with van der Waals surface area (Å²) in [5, 5.41) is 18.3. The molecule has 0 heterocycles. The van der Waals surface area contributed by atoms with Gasteiger partial charge in [-0.15, -0.1) is 0 Å². The molecule has 10 nitrogen and oxygen atoms in total. The van der Waals surface area contributed by atoms with Crippen LogP contribution >= 0.6 is 7.82 Å². The van der Waals surface area contributed by atoms with Gasteiger partial charge in [0.05, 0.1) is 19.8 Å². The maximum absolute atomic E-state index is 12.5. The van der Waals surface area contributed by atoms with E-state index in [2.05, 4.69) is 30.5 Å². The minimum absolute atomic E-state index is 0.188. The van der Waals surface area contributed by atoms with Crippen molar-refractivity contribution >= 4 is 19.8 Å². The van der Waals surface area contributed by atoms with Crippen LogP contribution in [-0.2, 0) is 32.7 Å². The SMILES string of the molecule is CCCCCC/C=C/CCCCCCCCCC(=O)OC[C@H](COP(=O)(O)OC[C@@H](O)CO)OC(=O)CCCCCCCCCCCCCC. The fraction of sp³-hybridized carbons (Fsp3) is 0.897. The summed E-state index contributed by atoms with van der Waals surface area (Å²) in [6.45, 7) is 2.36. The van der Waals surface area contributed by atoms with Crippen molar-refractivity contribution in [1.29, 1.82) is 0 Å². The Kier molecular flexibility index (Phi) is 35.2. The number of phosphoric ester groups is 1. The van der Waals surface area contributed by atoms with Gasteiger partial charge in [0.15, 0.2) is 6.10 Å². The number of ether oxygens (including phenoxy) is 2. The normalized spacial score (nSPS) is 14.1. The number of aliphatic hydroxyl groups is 2. The zero-order chi connectivity index (χ0) is 37.0. The number of allylic oxidation sites excluding steroid dienone is 2. The van der Waals surface area contributed by atoms with Crippen LogP contribution in [0.1, 0.15) is 187 Å². The molecule has 0 saturated heterocycles. The third-order valence-corrected chi connectivity index (χ3v) is 9.62. The van der Waals surface area contributed by atoms with Gasteiger partial charge < -0.3 is 24.6 Å². The maximum atomic E-state index is 12.5. The summed E-state index contributed by atoms with van der Waals surface area (Å²) in [6, 6.07) is 0. The Balaban J connectivity index is 4.31. The zero-order valence-corrected chi connectivity index (χ0v) is 32.8. The first-order valence-electron chi connectivity index (χ1n) is 20.1. The molecule has 0 spiro atoms. The van der Waals surface area contributed by atoms with E-state index < -0.39 is 51.8 Å². The Hall–Kier alpha value is -1.29. The first-order chi connectivity index (χ1) is 24.2.